The standard InChI is InChI=1S/C27H30N2O3/c1-27(2,3)32-26(30)14-15-29-17-22-12-13-24(28-25(22)18-29)21-10-7-11-23(16-21)31-19-20-8-5-4-6-9-20/h4-13,16H,14-15,17-19H2,1-3H3. The first-order valence-corrected chi connectivity index (χ1v) is 11.1. The van der Waals surface area contributed by atoms with E-state index in [1.807, 2.05) is 57.2 Å². The maximum absolute atomic E-state index is 12.0. The van der Waals surface area contributed by atoms with Gasteiger partial charge in [-0.3, -0.25) is 14.7 Å². The van der Waals surface area contributed by atoms with Crippen LogP contribution in [0.5, 0.6) is 5.75 Å². The number of benzene rings is 2. The van der Waals surface area contributed by atoms with E-state index < -0.39 is 5.60 Å². The second-order valence-corrected chi connectivity index (χ2v) is 9.15. The number of aromatic nitrogens is 1. The molecule has 0 saturated carbocycles. The van der Waals surface area contributed by atoms with Crippen molar-refractivity contribution in [2.24, 2.45) is 0 Å². The van der Waals surface area contributed by atoms with Crippen LogP contribution in [0.3, 0.4) is 0 Å². The molecule has 0 aliphatic carbocycles. The minimum Gasteiger partial charge on any atom is -0.489 e. The minimum absolute atomic E-state index is 0.158. The maximum Gasteiger partial charge on any atom is 0.307 e. The van der Waals surface area contributed by atoms with E-state index in [4.69, 9.17) is 14.5 Å². The molecule has 3 aromatic rings. The third-order valence-corrected chi connectivity index (χ3v) is 5.27. The molecule has 1 aliphatic heterocycles. The number of esters is 1. The van der Waals surface area contributed by atoms with Crippen molar-refractivity contribution in [2.45, 2.75) is 52.5 Å². The molecule has 4 rings (SSSR count). The Hall–Kier alpha value is -3.18. The average Bonchev–Trinajstić information content (AvgIpc) is 3.18. The van der Waals surface area contributed by atoms with Gasteiger partial charge in [-0.2, -0.15) is 0 Å². The summed E-state index contributed by atoms with van der Waals surface area (Å²) in [7, 11) is 0. The van der Waals surface area contributed by atoms with Crippen LogP contribution < -0.4 is 4.74 Å². The predicted octanol–water partition coefficient (Wildman–Crippen LogP) is 5.38. The number of fused-ring (bicyclic) bond motifs is 1. The van der Waals surface area contributed by atoms with Crippen LogP contribution in [0.4, 0.5) is 0 Å². The third kappa shape index (κ3) is 5.95. The van der Waals surface area contributed by atoms with Gasteiger partial charge in [0, 0.05) is 25.2 Å². The highest BCUT2D eigenvalue weighted by Crippen LogP contribution is 2.28. The molecule has 1 aliphatic rings. The van der Waals surface area contributed by atoms with Crippen LogP contribution in [0.25, 0.3) is 11.3 Å². The second kappa shape index (κ2) is 9.53. The second-order valence-electron chi connectivity index (χ2n) is 9.15. The van der Waals surface area contributed by atoms with E-state index >= 15 is 0 Å². The predicted molar refractivity (Wildman–Crippen MR) is 125 cm³/mol. The number of hydrogen-bond donors (Lipinski definition) is 0. The number of carbonyl (C=O) groups excluding carboxylic acids is 1. The lowest BCUT2D eigenvalue weighted by molar-refractivity contribution is -0.155. The van der Waals surface area contributed by atoms with E-state index in [0.717, 1.165) is 41.4 Å². The number of ether oxygens (including phenoxy) is 2. The first kappa shape index (κ1) is 22.0. The summed E-state index contributed by atoms with van der Waals surface area (Å²) in [6, 6.07) is 22.4. The molecule has 0 fully saturated rings. The summed E-state index contributed by atoms with van der Waals surface area (Å²) >= 11 is 0. The van der Waals surface area contributed by atoms with Crippen molar-refractivity contribution >= 4 is 5.97 Å². The first-order chi connectivity index (χ1) is 15.4. The van der Waals surface area contributed by atoms with Crippen LogP contribution in [0.15, 0.2) is 66.7 Å². The lowest BCUT2D eigenvalue weighted by atomic mass is 10.1. The van der Waals surface area contributed by atoms with Gasteiger partial charge in [0.05, 0.1) is 17.8 Å². The zero-order chi connectivity index (χ0) is 22.6. The SMILES string of the molecule is CC(C)(C)OC(=O)CCN1Cc2ccc(-c3cccc(OCc4ccccc4)c3)nc2C1. The largest absolute Gasteiger partial charge is 0.489 e. The highest BCUT2D eigenvalue weighted by molar-refractivity contribution is 5.70. The lowest BCUT2D eigenvalue weighted by Crippen LogP contribution is -2.27. The van der Waals surface area contributed by atoms with E-state index in [1.165, 1.54) is 5.56 Å². The average molecular weight is 431 g/mol. The normalized spacial score (nSPS) is 13.6. The third-order valence-electron chi connectivity index (χ3n) is 5.27. The van der Waals surface area contributed by atoms with Crippen LogP contribution >= 0.6 is 0 Å². The van der Waals surface area contributed by atoms with E-state index in [0.29, 0.717) is 19.6 Å². The van der Waals surface area contributed by atoms with E-state index in [-0.39, 0.29) is 5.97 Å². The summed E-state index contributed by atoms with van der Waals surface area (Å²) in [5, 5.41) is 0. The highest BCUT2D eigenvalue weighted by atomic mass is 16.6. The minimum atomic E-state index is -0.444. The summed E-state index contributed by atoms with van der Waals surface area (Å²) < 4.78 is 11.4. The van der Waals surface area contributed by atoms with E-state index in [9.17, 15) is 4.79 Å². The van der Waals surface area contributed by atoms with Crippen molar-refractivity contribution in [3.05, 3.63) is 83.6 Å². The monoisotopic (exact) mass is 430 g/mol. The molecule has 1 aromatic heterocycles. The van der Waals surface area contributed by atoms with Gasteiger partial charge in [-0.05, 0) is 50.1 Å². The Morgan fingerprint density at radius 3 is 2.59 bits per heavy atom. The molecule has 2 aromatic carbocycles. The van der Waals surface area contributed by atoms with Gasteiger partial charge >= 0.3 is 5.97 Å². The Labute approximate surface area is 190 Å². The molecular formula is C27H30N2O3. The topological polar surface area (TPSA) is 51.7 Å². The maximum atomic E-state index is 12.0. The smallest absolute Gasteiger partial charge is 0.307 e. The Kier molecular flexibility index (Phi) is 6.56. The van der Waals surface area contributed by atoms with Gasteiger partial charge in [0.1, 0.15) is 18.0 Å². The highest BCUT2D eigenvalue weighted by Gasteiger charge is 2.23. The Morgan fingerprint density at radius 2 is 1.81 bits per heavy atom. The molecule has 32 heavy (non-hydrogen) atoms. The number of hydrogen-bond acceptors (Lipinski definition) is 5. The molecule has 2 heterocycles. The fourth-order valence-electron chi connectivity index (χ4n) is 3.77. The fourth-order valence-corrected chi connectivity index (χ4v) is 3.77. The molecule has 0 atom stereocenters. The number of rotatable bonds is 7. The fraction of sp³-hybridized carbons (Fsp3) is 0.333. The summed E-state index contributed by atoms with van der Waals surface area (Å²) in [4.78, 5) is 19.2. The van der Waals surface area contributed by atoms with Crippen LogP contribution in [0, 0.1) is 0 Å². The molecule has 0 unspecified atom stereocenters. The van der Waals surface area contributed by atoms with E-state index in [1.54, 1.807) is 0 Å². The molecule has 0 bridgehead atoms. The zero-order valence-corrected chi connectivity index (χ0v) is 19.0. The zero-order valence-electron chi connectivity index (χ0n) is 19.0. The van der Waals surface area contributed by atoms with Gasteiger partial charge in [0.15, 0.2) is 0 Å². The molecule has 0 saturated heterocycles. The van der Waals surface area contributed by atoms with E-state index in [2.05, 4.69) is 35.2 Å². The van der Waals surface area contributed by atoms with Crippen LogP contribution in [0.2, 0.25) is 0 Å². The van der Waals surface area contributed by atoms with Gasteiger partial charge in [0.25, 0.3) is 0 Å². The molecule has 0 radical (unpaired) electrons. The van der Waals surface area contributed by atoms with Crippen molar-refractivity contribution in [3.63, 3.8) is 0 Å². The molecule has 0 amide bonds. The molecule has 0 spiro atoms. The van der Waals surface area contributed by atoms with Crippen LogP contribution in [0.1, 0.15) is 44.0 Å². The van der Waals surface area contributed by atoms with Crippen molar-refractivity contribution in [2.75, 3.05) is 6.54 Å². The van der Waals surface area contributed by atoms with Gasteiger partial charge in [-0.15, -0.1) is 0 Å². The van der Waals surface area contributed by atoms with Crippen LogP contribution in [-0.2, 0) is 29.2 Å². The van der Waals surface area contributed by atoms with Crippen molar-refractivity contribution in [1.29, 1.82) is 0 Å². The Morgan fingerprint density at radius 1 is 1.00 bits per heavy atom. The summed E-state index contributed by atoms with van der Waals surface area (Å²) in [5.41, 5.74) is 4.95. The van der Waals surface area contributed by atoms with Gasteiger partial charge in [0.2, 0.25) is 0 Å². The Bertz CT molecular complexity index is 1070. The number of pyridine rings is 1. The van der Waals surface area contributed by atoms with Crippen LogP contribution in [-0.4, -0.2) is 28.0 Å². The van der Waals surface area contributed by atoms with Gasteiger partial charge in [-0.1, -0.05) is 48.5 Å². The molecule has 5 heteroatoms. The molecule has 166 valence electrons. The Balaban J connectivity index is 1.37. The molecular weight excluding hydrogens is 400 g/mol. The molecule has 0 N–H and O–H groups in total. The van der Waals surface area contributed by atoms with Gasteiger partial charge in [-0.25, -0.2) is 0 Å². The number of carbonyl (C=O) groups is 1. The number of nitrogens with zero attached hydrogens (tertiary/aromatic N) is 2. The summed E-state index contributed by atoms with van der Waals surface area (Å²) in [6.45, 7) is 8.44. The van der Waals surface area contributed by atoms with Crippen molar-refractivity contribution in [1.82, 2.24) is 9.88 Å². The van der Waals surface area contributed by atoms with Crippen molar-refractivity contribution in [3.8, 4) is 17.0 Å². The van der Waals surface area contributed by atoms with Crippen molar-refractivity contribution < 1.29 is 14.3 Å². The summed E-state index contributed by atoms with van der Waals surface area (Å²) in [6.07, 6.45) is 0.388. The quantitative estimate of drug-likeness (QED) is 0.471. The summed E-state index contributed by atoms with van der Waals surface area (Å²) in [5.74, 6) is 0.669. The first-order valence-electron chi connectivity index (χ1n) is 11.1. The molecule has 5 nitrogen and oxygen atoms in total. The van der Waals surface area contributed by atoms with Gasteiger partial charge < -0.3 is 9.47 Å². The lowest BCUT2D eigenvalue weighted by Gasteiger charge is -2.20.